The van der Waals surface area contributed by atoms with Crippen molar-refractivity contribution in [3.05, 3.63) is 42.1 Å². The molecule has 118 valence electrons. The zero-order valence-electron chi connectivity index (χ0n) is 12.4. The largest absolute Gasteiger partial charge is 0.305 e. The van der Waals surface area contributed by atoms with E-state index in [1.807, 2.05) is 0 Å². The van der Waals surface area contributed by atoms with Gasteiger partial charge in [0, 0.05) is 30.6 Å². The zero-order valence-corrected chi connectivity index (χ0v) is 13.2. The number of sulfonamides is 1. The van der Waals surface area contributed by atoms with Crippen molar-refractivity contribution in [1.29, 1.82) is 0 Å². The second-order valence-corrected chi connectivity index (χ2v) is 6.67. The first kappa shape index (κ1) is 16.0. The van der Waals surface area contributed by atoms with Gasteiger partial charge in [0.05, 0.1) is 5.75 Å². The van der Waals surface area contributed by atoms with E-state index >= 15 is 0 Å². The third-order valence-corrected chi connectivity index (χ3v) is 4.32. The summed E-state index contributed by atoms with van der Waals surface area (Å²) in [6.07, 6.45) is 2.24. The molecule has 0 spiro atoms. The van der Waals surface area contributed by atoms with E-state index in [4.69, 9.17) is 0 Å². The highest BCUT2D eigenvalue weighted by Crippen LogP contribution is 2.14. The van der Waals surface area contributed by atoms with Gasteiger partial charge in [0.1, 0.15) is 0 Å². The topological polar surface area (TPSA) is 93.1 Å². The Morgan fingerprint density at radius 3 is 2.73 bits per heavy atom. The molecule has 22 heavy (non-hydrogen) atoms. The summed E-state index contributed by atoms with van der Waals surface area (Å²) in [5.74, 6) is 0.122. The summed E-state index contributed by atoms with van der Waals surface area (Å²) in [5.41, 5.74) is 0.712. The van der Waals surface area contributed by atoms with Crippen molar-refractivity contribution >= 4 is 27.4 Å². The maximum atomic E-state index is 12.1. The first-order valence-electron chi connectivity index (χ1n) is 6.81. The molecule has 0 aliphatic rings. The second-order valence-electron chi connectivity index (χ2n) is 4.83. The van der Waals surface area contributed by atoms with Crippen molar-refractivity contribution in [3.8, 4) is 0 Å². The number of carbonyl (C=O) groups excluding carboxylic acids is 1. The maximum absolute atomic E-state index is 12.1. The first-order valence-corrected chi connectivity index (χ1v) is 8.46. The van der Waals surface area contributed by atoms with Crippen LogP contribution in [0.1, 0.15) is 23.7 Å². The van der Waals surface area contributed by atoms with E-state index in [0.717, 1.165) is 0 Å². The van der Waals surface area contributed by atoms with Gasteiger partial charge < -0.3 is 5.32 Å². The molecule has 0 unspecified atom stereocenters. The van der Waals surface area contributed by atoms with Gasteiger partial charge >= 0.3 is 0 Å². The van der Waals surface area contributed by atoms with Gasteiger partial charge in [0.15, 0.2) is 5.82 Å². The van der Waals surface area contributed by atoms with Crippen molar-refractivity contribution in [2.24, 2.45) is 7.05 Å². The number of aromatic nitrogens is 2. The van der Waals surface area contributed by atoms with E-state index in [1.165, 1.54) is 6.07 Å². The molecule has 0 saturated carbocycles. The number of nitrogens with one attached hydrogen (secondary N) is 2. The van der Waals surface area contributed by atoms with Crippen molar-refractivity contribution in [2.75, 3.05) is 15.8 Å². The molecule has 2 aromatic rings. The minimum Gasteiger partial charge on any atom is -0.305 e. The van der Waals surface area contributed by atoms with Gasteiger partial charge in [-0.2, -0.15) is 5.10 Å². The molecule has 1 heterocycles. The summed E-state index contributed by atoms with van der Waals surface area (Å²) < 4.78 is 27.5. The summed E-state index contributed by atoms with van der Waals surface area (Å²) in [6, 6.07) is 8.00. The summed E-state index contributed by atoms with van der Waals surface area (Å²) in [6.45, 7) is 1.79. The molecular weight excluding hydrogens is 304 g/mol. The van der Waals surface area contributed by atoms with E-state index in [2.05, 4.69) is 15.1 Å². The molecule has 0 bridgehead atoms. The number of nitrogens with zero attached hydrogens (tertiary/aromatic N) is 2. The molecule has 0 atom stereocenters. The van der Waals surface area contributed by atoms with Crippen LogP contribution in [0.15, 0.2) is 36.5 Å². The van der Waals surface area contributed by atoms with E-state index in [1.54, 1.807) is 49.1 Å². The number of anilines is 2. The summed E-state index contributed by atoms with van der Waals surface area (Å²) in [5, 5.41) is 6.70. The number of rotatable bonds is 6. The molecule has 2 rings (SSSR count). The lowest BCUT2D eigenvalue weighted by atomic mass is 10.2. The number of hydrogen-bond acceptors (Lipinski definition) is 4. The molecule has 0 aliphatic carbocycles. The Morgan fingerprint density at radius 1 is 1.32 bits per heavy atom. The minimum absolute atomic E-state index is 0.0390. The number of aryl methyl sites for hydroxylation is 1. The highest BCUT2D eigenvalue weighted by Gasteiger charge is 2.12. The molecular formula is C14H18N4O3S. The van der Waals surface area contributed by atoms with Gasteiger partial charge in [-0.15, -0.1) is 0 Å². The lowest BCUT2D eigenvalue weighted by Crippen LogP contribution is -2.17. The average molecular weight is 322 g/mol. The fourth-order valence-corrected chi connectivity index (χ4v) is 3.02. The lowest BCUT2D eigenvalue weighted by molar-refractivity contribution is 0.102. The first-order chi connectivity index (χ1) is 10.4. The molecule has 8 heteroatoms. The smallest absolute Gasteiger partial charge is 0.256 e. The Bertz CT molecular complexity index is 768. The fourth-order valence-electron chi connectivity index (χ4n) is 1.89. The highest BCUT2D eigenvalue weighted by molar-refractivity contribution is 7.92. The Morgan fingerprint density at radius 2 is 2.09 bits per heavy atom. The van der Waals surface area contributed by atoms with Crippen LogP contribution in [0.25, 0.3) is 0 Å². The van der Waals surface area contributed by atoms with Crippen LogP contribution in [0.3, 0.4) is 0 Å². The zero-order chi connectivity index (χ0) is 16.2. The number of carbonyl (C=O) groups is 1. The van der Waals surface area contributed by atoms with E-state index in [0.29, 0.717) is 23.5 Å². The maximum Gasteiger partial charge on any atom is 0.256 e. The van der Waals surface area contributed by atoms with Crippen LogP contribution < -0.4 is 10.0 Å². The molecule has 7 nitrogen and oxygen atoms in total. The Balaban J connectivity index is 2.12. The van der Waals surface area contributed by atoms with Crippen LogP contribution in [0.5, 0.6) is 0 Å². The molecule has 0 aliphatic heterocycles. The van der Waals surface area contributed by atoms with Gasteiger partial charge in [-0.25, -0.2) is 8.42 Å². The predicted molar refractivity (Wildman–Crippen MR) is 85.3 cm³/mol. The van der Waals surface area contributed by atoms with Gasteiger partial charge in [-0.3, -0.25) is 14.2 Å². The quantitative estimate of drug-likeness (QED) is 0.848. The normalized spacial score (nSPS) is 11.2. The number of benzene rings is 1. The van der Waals surface area contributed by atoms with Crippen LogP contribution >= 0.6 is 0 Å². The minimum atomic E-state index is -3.38. The molecule has 1 aromatic carbocycles. The van der Waals surface area contributed by atoms with E-state index < -0.39 is 10.0 Å². The van der Waals surface area contributed by atoms with Crippen LogP contribution in [0.2, 0.25) is 0 Å². The number of amides is 1. The summed E-state index contributed by atoms with van der Waals surface area (Å²) in [4.78, 5) is 12.1. The third-order valence-electron chi connectivity index (χ3n) is 2.83. The molecule has 0 fully saturated rings. The highest BCUT2D eigenvalue weighted by atomic mass is 32.2. The Labute approximate surface area is 129 Å². The molecule has 1 aromatic heterocycles. The SMILES string of the molecule is CCCS(=O)(=O)Nc1cccc(C(=O)Nc2ccn(C)n2)c1. The second kappa shape index (κ2) is 6.61. The van der Waals surface area contributed by atoms with Crippen molar-refractivity contribution in [1.82, 2.24) is 9.78 Å². The Kier molecular flexibility index (Phi) is 4.81. The predicted octanol–water partition coefficient (Wildman–Crippen LogP) is 1.82. The molecule has 2 N–H and O–H groups in total. The molecule has 0 radical (unpaired) electrons. The van der Waals surface area contributed by atoms with Crippen molar-refractivity contribution < 1.29 is 13.2 Å². The molecule has 1 amide bonds. The number of hydrogen-bond donors (Lipinski definition) is 2. The average Bonchev–Trinajstić information content (AvgIpc) is 2.83. The third kappa shape index (κ3) is 4.32. The standard InChI is InChI=1S/C14H18N4O3S/c1-3-9-22(20,21)17-12-6-4-5-11(10-12)14(19)15-13-7-8-18(2)16-13/h4-8,10,17H,3,9H2,1-2H3,(H,15,16,19). The Hall–Kier alpha value is -2.35. The summed E-state index contributed by atoms with van der Waals surface area (Å²) >= 11 is 0. The van der Waals surface area contributed by atoms with Crippen LogP contribution in [-0.2, 0) is 17.1 Å². The van der Waals surface area contributed by atoms with Gasteiger partial charge in [-0.1, -0.05) is 13.0 Å². The van der Waals surface area contributed by atoms with E-state index in [9.17, 15) is 13.2 Å². The van der Waals surface area contributed by atoms with Crippen LogP contribution in [-0.4, -0.2) is 29.9 Å². The van der Waals surface area contributed by atoms with Gasteiger partial charge in [0.2, 0.25) is 10.0 Å². The van der Waals surface area contributed by atoms with Crippen molar-refractivity contribution in [2.45, 2.75) is 13.3 Å². The van der Waals surface area contributed by atoms with Gasteiger partial charge in [0.25, 0.3) is 5.91 Å². The fraction of sp³-hybridized carbons (Fsp3) is 0.286. The van der Waals surface area contributed by atoms with Crippen LogP contribution in [0.4, 0.5) is 11.5 Å². The monoisotopic (exact) mass is 322 g/mol. The van der Waals surface area contributed by atoms with E-state index in [-0.39, 0.29) is 11.7 Å². The lowest BCUT2D eigenvalue weighted by Gasteiger charge is -2.08. The van der Waals surface area contributed by atoms with Crippen LogP contribution in [0, 0.1) is 0 Å². The van der Waals surface area contributed by atoms with Crippen molar-refractivity contribution in [3.63, 3.8) is 0 Å². The van der Waals surface area contributed by atoms with Gasteiger partial charge in [-0.05, 0) is 24.6 Å². The molecule has 0 saturated heterocycles. The summed E-state index contributed by atoms with van der Waals surface area (Å²) in [7, 11) is -1.63.